The van der Waals surface area contributed by atoms with Crippen LogP contribution in [0.2, 0.25) is 0 Å². The Labute approximate surface area is 105 Å². The monoisotopic (exact) mass is 241 g/mol. The zero-order chi connectivity index (χ0) is 13.5. The van der Waals surface area contributed by atoms with Gasteiger partial charge in [-0.3, -0.25) is 4.79 Å². The van der Waals surface area contributed by atoms with Crippen molar-refractivity contribution >= 4 is 5.91 Å². The van der Waals surface area contributed by atoms with Crippen molar-refractivity contribution in [3.05, 3.63) is 0 Å². The van der Waals surface area contributed by atoms with E-state index in [0.717, 1.165) is 12.8 Å². The van der Waals surface area contributed by atoms with Crippen molar-refractivity contribution in [1.29, 1.82) is 0 Å². The van der Waals surface area contributed by atoms with E-state index in [0.29, 0.717) is 0 Å². The molecule has 0 spiro atoms. The van der Waals surface area contributed by atoms with Gasteiger partial charge in [-0.25, -0.2) is 0 Å². The molecule has 0 aromatic carbocycles. The maximum Gasteiger partial charge on any atom is 0.251 e. The average Bonchev–Trinajstić information content (AvgIpc) is 1.94. The maximum absolute atomic E-state index is 11.8. The fourth-order valence-electron chi connectivity index (χ4n) is 3.31. The summed E-state index contributed by atoms with van der Waals surface area (Å²) in [6.45, 7) is 12.0. The second-order valence-electron chi connectivity index (χ2n) is 7.64. The first-order chi connectivity index (χ1) is 7.41. The maximum atomic E-state index is 11.8. The van der Waals surface area contributed by atoms with Crippen molar-refractivity contribution in [2.24, 2.45) is 10.8 Å². The number of amides is 1. The molecular weight excluding hydrogens is 214 g/mol. The zero-order valence-electron chi connectivity index (χ0n) is 12.1. The fourth-order valence-corrected chi connectivity index (χ4v) is 3.31. The molecule has 0 aromatic heterocycles. The van der Waals surface area contributed by atoms with Gasteiger partial charge in [0, 0.05) is 6.04 Å². The third-order valence-electron chi connectivity index (χ3n) is 3.45. The summed E-state index contributed by atoms with van der Waals surface area (Å²) in [5.74, 6) is -0.268. The second kappa shape index (κ2) is 4.27. The van der Waals surface area contributed by atoms with Gasteiger partial charge in [-0.2, -0.15) is 0 Å². The molecule has 1 rings (SSSR count). The summed E-state index contributed by atoms with van der Waals surface area (Å²) in [6, 6.07) is 0.174. The summed E-state index contributed by atoms with van der Waals surface area (Å²) in [6.07, 6.45) is 3.14. The molecule has 0 heterocycles. The van der Waals surface area contributed by atoms with Crippen LogP contribution < -0.4 is 5.32 Å². The van der Waals surface area contributed by atoms with Crippen molar-refractivity contribution < 1.29 is 9.90 Å². The van der Waals surface area contributed by atoms with Gasteiger partial charge in [0.25, 0.3) is 5.91 Å². The minimum Gasteiger partial charge on any atom is -0.381 e. The first-order valence-electron chi connectivity index (χ1n) is 6.45. The topological polar surface area (TPSA) is 49.3 Å². The Kier molecular flexibility index (Phi) is 3.64. The van der Waals surface area contributed by atoms with Crippen LogP contribution in [0.4, 0.5) is 0 Å². The Morgan fingerprint density at radius 3 is 1.94 bits per heavy atom. The molecule has 0 radical (unpaired) electrons. The van der Waals surface area contributed by atoms with Crippen LogP contribution in [-0.4, -0.2) is 22.7 Å². The number of aliphatic hydroxyl groups is 1. The van der Waals surface area contributed by atoms with Gasteiger partial charge in [-0.1, -0.05) is 27.7 Å². The highest BCUT2D eigenvalue weighted by molar-refractivity contribution is 5.84. The van der Waals surface area contributed by atoms with Crippen molar-refractivity contribution in [3.63, 3.8) is 0 Å². The van der Waals surface area contributed by atoms with E-state index in [4.69, 9.17) is 0 Å². The van der Waals surface area contributed by atoms with E-state index in [-0.39, 0.29) is 22.8 Å². The number of nitrogens with one attached hydrogen (secondary N) is 1. The van der Waals surface area contributed by atoms with Gasteiger partial charge in [0.15, 0.2) is 0 Å². The quantitative estimate of drug-likeness (QED) is 0.780. The third-order valence-corrected chi connectivity index (χ3v) is 3.45. The Morgan fingerprint density at radius 1 is 1.18 bits per heavy atom. The summed E-state index contributed by atoms with van der Waals surface area (Å²) in [5.41, 5.74) is -0.787. The predicted octanol–water partition coefficient (Wildman–Crippen LogP) is 2.48. The van der Waals surface area contributed by atoms with Crippen molar-refractivity contribution in [3.8, 4) is 0 Å². The molecule has 1 amide bonds. The molecule has 0 saturated heterocycles. The molecule has 3 nitrogen and oxygen atoms in total. The predicted molar refractivity (Wildman–Crippen MR) is 69.6 cm³/mol. The molecule has 0 unspecified atom stereocenters. The summed E-state index contributed by atoms with van der Waals surface area (Å²) in [4.78, 5) is 11.8. The highest BCUT2D eigenvalue weighted by Gasteiger charge is 2.40. The van der Waals surface area contributed by atoms with E-state index in [2.05, 4.69) is 33.0 Å². The Morgan fingerprint density at radius 2 is 1.59 bits per heavy atom. The lowest BCUT2D eigenvalue weighted by Crippen LogP contribution is -2.51. The minimum atomic E-state index is -1.29. The Balaban J connectivity index is 2.70. The van der Waals surface area contributed by atoms with Crippen LogP contribution in [0.5, 0.6) is 0 Å². The van der Waals surface area contributed by atoms with E-state index < -0.39 is 5.60 Å². The van der Waals surface area contributed by atoms with Crippen LogP contribution in [0.1, 0.15) is 60.8 Å². The third kappa shape index (κ3) is 4.30. The number of carbonyl (C=O) groups is 1. The molecule has 0 aromatic rings. The molecule has 17 heavy (non-hydrogen) atoms. The molecule has 0 aliphatic heterocycles. The molecule has 2 N–H and O–H groups in total. The van der Waals surface area contributed by atoms with Crippen molar-refractivity contribution in [2.45, 2.75) is 72.4 Å². The summed E-state index contributed by atoms with van der Waals surface area (Å²) in [5, 5.41) is 12.6. The molecule has 1 fully saturated rings. The Hall–Kier alpha value is -0.570. The van der Waals surface area contributed by atoms with Crippen molar-refractivity contribution in [2.75, 3.05) is 0 Å². The smallest absolute Gasteiger partial charge is 0.251 e. The minimum absolute atomic E-state index is 0.174. The first kappa shape index (κ1) is 14.5. The van der Waals surface area contributed by atoms with Crippen LogP contribution in [0.15, 0.2) is 0 Å². The largest absolute Gasteiger partial charge is 0.381 e. The SMILES string of the molecule is CC1(C)CC(NC(=O)C(C)(C)O)CC(C)(C)C1. The van der Waals surface area contributed by atoms with Gasteiger partial charge in [0.2, 0.25) is 0 Å². The van der Waals surface area contributed by atoms with Crippen molar-refractivity contribution in [1.82, 2.24) is 5.32 Å². The molecule has 1 aliphatic rings. The highest BCUT2D eigenvalue weighted by atomic mass is 16.3. The molecule has 0 bridgehead atoms. The number of hydrogen-bond donors (Lipinski definition) is 2. The van der Waals surface area contributed by atoms with E-state index in [9.17, 15) is 9.90 Å². The number of carbonyl (C=O) groups excluding carboxylic acids is 1. The Bertz CT molecular complexity index is 284. The van der Waals surface area contributed by atoms with Gasteiger partial charge in [-0.15, -0.1) is 0 Å². The van der Waals surface area contributed by atoms with Gasteiger partial charge >= 0.3 is 0 Å². The second-order valence-corrected chi connectivity index (χ2v) is 7.64. The van der Waals surface area contributed by atoms with Gasteiger partial charge in [-0.05, 0) is 43.9 Å². The fraction of sp³-hybridized carbons (Fsp3) is 0.929. The number of rotatable bonds is 2. The van der Waals surface area contributed by atoms with Crippen LogP contribution in [-0.2, 0) is 4.79 Å². The first-order valence-corrected chi connectivity index (χ1v) is 6.45. The van der Waals surface area contributed by atoms with Gasteiger partial charge < -0.3 is 10.4 Å². The molecular formula is C14H27NO2. The normalized spacial score (nSPS) is 24.4. The van der Waals surface area contributed by atoms with E-state index in [1.165, 1.54) is 20.3 Å². The van der Waals surface area contributed by atoms with Crippen LogP contribution in [0, 0.1) is 10.8 Å². The molecule has 1 saturated carbocycles. The molecule has 1 aliphatic carbocycles. The van der Waals surface area contributed by atoms with Crippen LogP contribution >= 0.6 is 0 Å². The van der Waals surface area contributed by atoms with E-state index in [1.807, 2.05) is 0 Å². The summed E-state index contributed by atoms with van der Waals surface area (Å²) < 4.78 is 0. The van der Waals surface area contributed by atoms with Crippen LogP contribution in [0.25, 0.3) is 0 Å². The van der Waals surface area contributed by atoms with E-state index in [1.54, 1.807) is 0 Å². The van der Waals surface area contributed by atoms with Gasteiger partial charge in [0.05, 0.1) is 0 Å². The molecule has 3 heteroatoms. The highest BCUT2D eigenvalue weighted by Crippen LogP contribution is 2.45. The molecule has 0 atom stereocenters. The van der Waals surface area contributed by atoms with E-state index >= 15 is 0 Å². The summed E-state index contributed by atoms with van der Waals surface area (Å²) >= 11 is 0. The van der Waals surface area contributed by atoms with Crippen LogP contribution in [0.3, 0.4) is 0 Å². The lowest BCUT2D eigenvalue weighted by molar-refractivity contribution is -0.138. The lowest BCUT2D eigenvalue weighted by atomic mass is 9.63. The van der Waals surface area contributed by atoms with Gasteiger partial charge in [0.1, 0.15) is 5.60 Å². The summed E-state index contributed by atoms with van der Waals surface area (Å²) in [7, 11) is 0. The average molecular weight is 241 g/mol. The standard InChI is InChI=1S/C14H27NO2/c1-12(2)7-10(8-13(3,4)9-12)15-11(16)14(5,6)17/h10,17H,7-9H2,1-6H3,(H,15,16). The molecule has 100 valence electrons. The lowest BCUT2D eigenvalue weighted by Gasteiger charge is -2.45. The number of hydrogen-bond acceptors (Lipinski definition) is 2. The zero-order valence-corrected chi connectivity index (χ0v) is 12.1.